The molecule has 4 nitrogen and oxygen atoms in total. The molecule has 2 N–H and O–H groups in total. The third-order valence-corrected chi connectivity index (χ3v) is 4.06. The number of hydrogen-bond acceptors (Lipinski definition) is 2. The average molecular weight is 332 g/mol. The summed E-state index contributed by atoms with van der Waals surface area (Å²) in [6.45, 7) is 0.306. The number of nitrogens with zero attached hydrogens (tertiary/aromatic N) is 1. The average Bonchev–Trinajstić information content (AvgIpc) is 2.63. The molecular weight excluding hydrogens is 310 g/mol. The van der Waals surface area contributed by atoms with Crippen LogP contribution in [0, 0.1) is 0 Å². The highest BCUT2D eigenvalue weighted by Crippen LogP contribution is 2.18. The maximum atomic E-state index is 11.6. The first-order chi connectivity index (χ1) is 12.2. The number of anilines is 1. The van der Waals surface area contributed by atoms with Crippen LogP contribution in [0.2, 0.25) is 0 Å². The smallest absolute Gasteiger partial charge is 0.238 e. The second-order valence-electron chi connectivity index (χ2n) is 5.93. The predicted octanol–water partition coefficient (Wildman–Crippen LogP) is 2.99. The fraction of sp³-hybridized carbons (Fsp3) is 0.143. The van der Waals surface area contributed by atoms with E-state index in [0.29, 0.717) is 6.54 Å². The fourth-order valence-electron chi connectivity index (χ4n) is 2.76. The van der Waals surface area contributed by atoms with Crippen molar-refractivity contribution in [2.45, 2.75) is 0 Å². The van der Waals surface area contributed by atoms with E-state index in [9.17, 15) is 4.79 Å². The largest absolute Gasteiger partial charge is 0.325 e. The van der Waals surface area contributed by atoms with E-state index >= 15 is 0 Å². The minimum Gasteiger partial charge on any atom is -0.325 e. The van der Waals surface area contributed by atoms with E-state index in [1.54, 1.807) is 7.05 Å². The van der Waals surface area contributed by atoms with Crippen LogP contribution < -0.4 is 15.2 Å². The van der Waals surface area contributed by atoms with Crippen LogP contribution in [-0.4, -0.2) is 19.5 Å². The first-order valence-electron chi connectivity index (χ1n) is 8.27. The summed E-state index contributed by atoms with van der Waals surface area (Å²) in [6, 6.07) is 18.3. The van der Waals surface area contributed by atoms with Crippen LogP contribution in [0.5, 0.6) is 0 Å². The molecule has 25 heavy (non-hydrogen) atoms. The van der Waals surface area contributed by atoms with Crippen LogP contribution in [0.25, 0.3) is 23.1 Å². The lowest BCUT2D eigenvalue weighted by Gasteiger charge is -2.05. The molecule has 2 aromatic carbocycles. The second kappa shape index (κ2) is 7.73. The number of nitrogens with one attached hydrogen (secondary N) is 2. The van der Waals surface area contributed by atoms with Crippen LogP contribution in [0.4, 0.5) is 5.69 Å². The minimum absolute atomic E-state index is 0.0468. The maximum absolute atomic E-state index is 11.6. The number of aryl methyl sites for hydroxylation is 1. The van der Waals surface area contributed by atoms with Gasteiger partial charge in [0.2, 0.25) is 11.4 Å². The van der Waals surface area contributed by atoms with Gasteiger partial charge in [0.05, 0.1) is 11.9 Å². The van der Waals surface area contributed by atoms with Crippen molar-refractivity contribution in [3.63, 3.8) is 0 Å². The third kappa shape index (κ3) is 4.11. The second-order valence-corrected chi connectivity index (χ2v) is 5.93. The number of carbonyl (C=O) groups excluding carboxylic acids is 1. The van der Waals surface area contributed by atoms with Gasteiger partial charge in [0.25, 0.3) is 0 Å². The molecule has 1 aromatic heterocycles. The summed E-state index contributed by atoms with van der Waals surface area (Å²) in [7, 11) is 3.80. The summed E-state index contributed by atoms with van der Waals surface area (Å²) in [5.74, 6) is -0.0468. The number of benzene rings is 2. The molecule has 0 atom stereocenters. The van der Waals surface area contributed by atoms with E-state index in [0.717, 1.165) is 11.3 Å². The highest BCUT2D eigenvalue weighted by Gasteiger charge is 2.06. The van der Waals surface area contributed by atoms with Gasteiger partial charge in [-0.05, 0) is 36.4 Å². The van der Waals surface area contributed by atoms with E-state index in [1.807, 2.05) is 24.3 Å². The lowest BCUT2D eigenvalue weighted by Crippen LogP contribution is -2.28. The Balaban J connectivity index is 1.79. The molecule has 0 spiro atoms. The SMILES string of the molecule is CNCC(=O)Nc1ccc(C=Cc2cc[n+](C)c3ccccc23)cc1. The molecule has 0 fully saturated rings. The molecule has 0 radical (unpaired) electrons. The first-order valence-corrected chi connectivity index (χ1v) is 8.27. The highest BCUT2D eigenvalue weighted by molar-refractivity contribution is 5.92. The Kier molecular flexibility index (Phi) is 5.21. The predicted molar refractivity (Wildman–Crippen MR) is 103 cm³/mol. The van der Waals surface area contributed by atoms with E-state index in [4.69, 9.17) is 0 Å². The Labute approximate surface area is 147 Å². The maximum Gasteiger partial charge on any atom is 0.238 e. The highest BCUT2D eigenvalue weighted by atomic mass is 16.1. The van der Waals surface area contributed by atoms with Crippen molar-refractivity contribution in [1.82, 2.24) is 5.32 Å². The van der Waals surface area contributed by atoms with Gasteiger partial charge in [-0.3, -0.25) is 4.79 Å². The molecule has 1 amide bonds. The van der Waals surface area contributed by atoms with E-state index in [-0.39, 0.29) is 5.91 Å². The lowest BCUT2D eigenvalue weighted by molar-refractivity contribution is -0.644. The number of rotatable bonds is 5. The third-order valence-electron chi connectivity index (χ3n) is 4.06. The molecule has 3 rings (SSSR count). The first kappa shape index (κ1) is 16.9. The molecule has 0 unspecified atom stereocenters. The lowest BCUT2D eigenvalue weighted by atomic mass is 10.1. The Hall–Kier alpha value is -2.98. The monoisotopic (exact) mass is 332 g/mol. The zero-order valence-corrected chi connectivity index (χ0v) is 14.5. The summed E-state index contributed by atoms with van der Waals surface area (Å²) in [6.07, 6.45) is 6.28. The van der Waals surface area contributed by atoms with Crippen molar-refractivity contribution >= 4 is 34.6 Å². The van der Waals surface area contributed by atoms with Crippen molar-refractivity contribution in [3.05, 3.63) is 71.9 Å². The number of fused-ring (bicyclic) bond motifs is 1. The molecule has 1 heterocycles. The molecule has 4 heteroatoms. The van der Waals surface area contributed by atoms with Crippen molar-refractivity contribution in [2.24, 2.45) is 7.05 Å². The quantitative estimate of drug-likeness (QED) is 0.706. The van der Waals surface area contributed by atoms with Crippen LogP contribution in [0.1, 0.15) is 11.1 Å². The number of likely N-dealkylation sites (N-methyl/N-ethyl adjacent to an activating group) is 1. The van der Waals surface area contributed by atoms with Gasteiger partial charge in [-0.2, -0.15) is 0 Å². The zero-order chi connectivity index (χ0) is 17.6. The summed E-state index contributed by atoms with van der Waals surface area (Å²) in [4.78, 5) is 11.6. The van der Waals surface area contributed by atoms with Crippen LogP contribution in [-0.2, 0) is 11.8 Å². The molecule has 0 aliphatic heterocycles. The molecule has 0 aliphatic rings. The van der Waals surface area contributed by atoms with Crippen LogP contribution >= 0.6 is 0 Å². The Morgan fingerprint density at radius 1 is 1.04 bits per heavy atom. The minimum atomic E-state index is -0.0468. The molecule has 0 saturated carbocycles. The molecule has 0 aliphatic carbocycles. The molecule has 0 saturated heterocycles. The van der Waals surface area contributed by atoms with E-state index in [1.165, 1.54) is 16.5 Å². The number of amides is 1. The van der Waals surface area contributed by atoms with Gasteiger partial charge in [0.15, 0.2) is 6.20 Å². The van der Waals surface area contributed by atoms with Gasteiger partial charge in [-0.25, -0.2) is 4.57 Å². The number of aromatic nitrogens is 1. The van der Waals surface area contributed by atoms with E-state index in [2.05, 4.69) is 70.9 Å². The molecule has 126 valence electrons. The van der Waals surface area contributed by atoms with Crippen molar-refractivity contribution < 1.29 is 9.36 Å². The van der Waals surface area contributed by atoms with Crippen LogP contribution in [0.15, 0.2) is 60.8 Å². The van der Waals surface area contributed by atoms with E-state index < -0.39 is 0 Å². The van der Waals surface area contributed by atoms with Crippen LogP contribution in [0.3, 0.4) is 0 Å². The zero-order valence-electron chi connectivity index (χ0n) is 14.5. The van der Waals surface area contributed by atoms with Gasteiger partial charge in [0, 0.05) is 17.8 Å². The molecular formula is C21H22N3O+. The number of carbonyl (C=O) groups is 1. The van der Waals surface area contributed by atoms with Crippen molar-refractivity contribution in [3.8, 4) is 0 Å². The Morgan fingerprint density at radius 2 is 1.80 bits per heavy atom. The van der Waals surface area contributed by atoms with Gasteiger partial charge in [-0.1, -0.05) is 36.4 Å². The van der Waals surface area contributed by atoms with Gasteiger partial charge < -0.3 is 10.6 Å². The Bertz CT molecular complexity index is 914. The van der Waals surface area contributed by atoms with Gasteiger partial charge in [-0.15, -0.1) is 0 Å². The number of pyridine rings is 1. The van der Waals surface area contributed by atoms with Gasteiger partial charge >= 0.3 is 0 Å². The fourth-order valence-corrected chi connectivity index (χ4v) is 2.76. The molecule has 0 bridgehead atoms. The topological polar surface area (TPSA) is 45.0 Å². The summed E-state index contributed by atoms with van der Waals surface area (Å²) in [5, 5.41) is 6.90. The normalized spacial score (nSPS) is 11.1. The van der Waals surface area contributed by atoms with Crippen molar-refractivity contribution in [2.75, 3.05) is 18.9 Å². The Morgan fingerprint density at radius 3 is 2.56 bits per heavy atom. The number of para-hydroxylation sites is 1. The van der Waals surface area contributed by atoms with Gasteiger partial charge in [0.1, 0.15) is 7.05 Å². The number of hydrogen-bond donors (Lipinski definition) is 2. The standard InChI is InChI=1S/C21H21N3O/c1-22-15-21(25)23-18-11-8-16(9-12-18)7-10-17-13-14-24(2)20-6-4-3-5-19(17)20/h3-14,22H,15H2,1-2H3/p+1. The van der Waals surface area contributed by atoms with Crippen molar-refractivity contribution in [1.29, 1.82) is 0 Å². The summed E-state index contributed by atoms with van der Waals surface area (Å²) in [5.41, 5.74) is 4.27. The molecule has 3 aromatic rings. The summed E-state index contributed by atoms with van der Waals surface area (Å²) >= 11 is 0. The summed E-state index contributed by atoms with van der Waals surface area (Å²) < 4.78 is 2.12.